The molecule has 21 heavy (non-hydrogen) atoms. The van der Waals surface area contributed by atoms with E-state index in [0.717, 1.165) is 24.9 Å². The third-order valence-corrected chi connectivity index (χ3v) is 5.06. The van der Waals surface area contributed by atoms with E-state index in [1.807, 2.05) is 12.1 Å². The second-order valence-corrected chi connectivity index (χ2v) is 7.39. The SMILES string of the molecule is CCCNC(COC)Cc1ccc(S(=O)(=O)N(C)C)cc1. The van der Waals surface area contributed by atoms with Crippen LogP contribution < -0.4 is 5.32 Å². The van der Waals surface area contributed by atoms with E-state index < -0.39 is 10.0 Å². The molecular formula is C15H26N2O3S. The van der Waals surface area contributed by atoms with Crippen LogP contribution in [0.1, 0.15) is 18.9 Å². The third-order valence-electron chi connectivity index (χ3n) is 3.23. The van der Waals surface area contributed by atoms with Gasteiger partial charge in [0, 0.05) is 27.2 Å². The number of methoxy groups -OCH3 is 1. The van der Waals surface area contributed by atoms with Crippen LogP contribution in [0.3, 0.4) is 0 Å². The molecular weight excluding hydrogens is 288 g/mol. The Morgan fingerprint density at radius 3 is 2.33 bits per heavy atom. The Morgan fingerprint density at radius 1 is 1.24 bits per heavy atom. The third kappa shape index (κ3) is 5.39. The van der Waals surface area contributed by atoms with Gasteiger partial charge in [0.1, 0.15) is 0 Å². The normalized spacial score (nSPS) is 13.6. The Balaban J connectivity index is 2.77. The van der Waals surface area contributed by atoms with Gasteiger partial charge in [-0.2, -0.15) is 0 Å². The Morgan fingerprint density at radius 2 is 1.86 bits per heavy atom. The summed E-state index contributed by atoms with van der Waals surface area (Å²) in [5, 5.41) is 3.43. The van der Waals surface area contributed by atoms with Gasteiger partial charge in [-0.1, -0.05) is 19.1 Å². The van der Waals surface area contributed by atoms with Gasteiger partial charge in [0.2, 0.25) is 10.0 Å². The summed E-state index contributed by atoms with van der Waals surface area (Å²) in [6, 6.07) is 7.30. The van der Waals surface area contributed by atoms with E-state index in [4.69, 9.17) is 4.74 Å². The van der Waals surface area contributed by atoms with Crippen molar-refractivity contribution in [3.05, 3.63) is 29.8 Å². The number of nitrogens with one attached hydrogen (secondary N) is 1. The van der Waals surface area contributed by atoms with E-state index in [1.54, 1.807) is 19.2 Å². The quantitative estimate of drug-likeness (QED) is 0.750. The van der Waals surface area contributed by atoms with Crippen LogP contribution in [0.2, 0.25) is 0 Å². The van der Waals surface area contributed by atoms with Gasteiger partial charge >= 0.3 is 0 Å². The summed E-state index contributed by atoms with van der Waals surface area (Å²) < 4.78 is 30.4. The van der Waals surface area contributed by atoms with Gasteiger partial charge in [-0.15, -0.1) is 0 Å². The molecule has 6 heteroatoms. The Hall–Kier alpha value is -0.950. The van der Waals surface area contributed by atoms with E-state index in [0.29, 0.717) is 11.5 Å². The fourth-order valence-corrected chi connectivity index (χ4v) is 2.93. The van der Waals surface area contributed by atoms with Gasteiger partial charge in [0.15, 0.2) is 0 Å². The molecule has 5 nitrogen and oxygen atoms in total. The number of hydrogen-bond donors (Lipinski definition) is 1. The van der Waals surface area contributed by atoms with Crippen LogP contribution in [-0.4, -0.2) is 53.1 Å². The van der Waals surface area contributed by atoms with Gasteiger partial charge in [0.25, 0.3) is 0 Å². The molecule has 1 atom stereocenters. The van der Waals surface area contributed by atoms with Gasteiger partial charge in [-0.05, 0) is 37.1 Å². The zero-order valence-corrected chi connectivity index (χ0v) is 14.1. The summed E-state index contributed by atoms with van der Waals surface area (Å²) >= 11 is 0. The standard InChI is InChI=1S/C15H26N2O3S/c1-5-10-16-14(12-20-4)11-13-6-8-15(9-7-13)21(18,19)17(2)3/h6-9,14,16H,5,10-12H2,1-4H3. The predicted octanol–water partition coefficient (Wildman–Crippen LogP) is 1.49. The monoisotopic (exact) mass is 314 g/mol. The smallest absolute Gasteiger partial charge is 0.242 e. The summed E-state index contributed by atoms with van der Waals surface area (Å²) in [5.74, 6) is 0. The first-order chi connectivity index (χ1) is 9.91. The predicted molar refractivity (Wildman–Crippen MR) is 85.0 cm³/mol. The van der Waals surface area contributed by atoms with Crippen molar-refractivity contribution in [2.24, 2.45) is 0 Å². The minimum absolute atomic E-state index is 0.242. The maximum atomic E-state index is 12.0. The molecule has 1 N–H and O–H groups in total. The van der Waals surface area contributed by atoms with Crippen molar-refractivity contribution in [1.82, 2.24) is 9.62 Å². The number of rotatable bonds is 9. The van der Waals surface area contributed by atoms with E-state index in [2.05, 4.69) is 12.2 Å². The zero-order valence-electron chi connectivity index (χ0n) is 13.3. The number of ether oxygens (including phenoxy) is 1. The number of benzene rings is 1. The van der Waals surface area contributed by atoms with Crippen LogP contribution in [-0.2, 0) is 21.2 Å². The van der Waals surface area contributed by atoms with Gasteiger partial charge in [-0.3, -0.25) is 0 Å². The lowest BCUT2D eigenvalue weighted by Crippen LogP contribution is -2.35. The Kier molecular flexibility index (Phi) is 7.31. The molecule has 120 valence electrons. The van der Waals surface area contributed by atoms with E-state index >= 15 is 0 Å². The average molecular weight is 314 g/mol. The summed E-state index contributed by atoms with van der Waals surface area (Å²) in [7, 11) is 1.40. The molecule has 1 aromatic carbocycles. The second-order valence-electron chi connectivity index (χ2n) is 5.24. The fourth-order valence-electron chi connectivity index (χ4n) is 2.03. The first-order valence-electron chi connectivity index (χ1n) is 7.15. The van der Waals surface area contributed by atoms with Gasteiger partial charge in [0.05, 0.1) is 11.5 Å². The topological polar surface area (TPSA) is 58.6 Å². The van der Waals surface area contributed by atoms with Gasteiger partial charge in [-0.25, -0.2) is 12.7 Å². The minimum atomic E-state index is -3.35. The molecule has 0 aliphatic heterocycles. The van der Waals surface area contributed by atoms with Crippen molar-refractivity contribution >= 4 is 10.0 Å². The Labute approximate surface area is 128 Å². The first kappa shape index (κ1) is 18.1. The van der Waals surface area contributed by atoms with Crippen molar-refractivity contribution in [3.8, 4) is 0 Å². The van der Waals surface area contributed by atoms with Crippen molar-refractivity contribution in [2.75, 3.05) is 34.4 Å². The van der Waals surface area contributed by atoms with E-state index in [9.17, 15) is 8.42 Å². The molecule has 1 unspecified atom stereocenters. The lowest BCUT2D eigenvalue weighted by atomic mass is 10.1. The van der Waals surface area contributed by atoms with Crippen LogP contribution in [0.4, 0.5) is 0 Å². The zero-order chi connectivity index (χ0) is 15.9. The van der Waals surface area contributed by atoms with Crippen molar-refractivity contribution < 1.29 is 13.2 Å². The molecule has 0 aliphatic carbocycles. The molecule has 1 aromatic rings. The molecule has 0 heterocycles. The summed E-state index contributed by atoms with van der Waals surface area (Å²) in [4.78, 5) is 0.320. The molecule has 1 rings (SSSR count). The minimum Gasteiger partial charge on any atom is -0.383 e. The first-order valence-corrected chi connectivity index (χ1v) is 8.59. The highest BCUT2D eigenvalue weighted by Gasteiger charge is 2.17. The molecule has 0 spiro atoms. The van der Waals surface area contributed by atoms with Crippen LogP contribution in [0.15, 0.2) is 29.2 Å². The summed E-state index contributed by atoms with van der Waals surface area (Å²) in [6.07, 6.45) is 1.89. The van der Waals surface area contributed by atoms with Crippen LogP contribution in [0.25, 0.3) is 0 Å². The molecule has 0 radical (unpaired) electrons. The lowest BCUT2D eigenvalue weighted by molar-refractivity contribution is 0.166. The lowest BCUT2D eigenvalue weighted by Gasteiger charge is -2.18. The summed E-state index contributed by atoms with van der Waals surface area (Å²) in [5.41, 5.74) is 1.10. The largest absolute Gasteiger partial charge is 0.383 e. The molecule has 0 amide bonds. The van der Waals surface area contributed by atoms with Crippen molar-refractivity contribution in [3.63, 3.8) is 0 Å². The maximum Gasteiger partial charge on any atom is 0.242 e. The van der Waals surface area contributed by atoms with Crippen LogP contribution in [0.5, 0.6) is 0 Å². The highest BCUT2D eigenvalue weighted by atomic mass is 32.2. The highest BCUT2D eigenvalue weighted by molar-refractivity contribution is 7.89. The fraction of sp³-hybridized carbons (Fsp3) is 0.600. The van der Waals surface area contributed by atoms with E-state index in [1.165, 1.54) is 18.4 Å². The molecule has 0 saturated heterocycles. The van der Waals surface area contributed by atoms with Crippen molar-refractivity contribution in [2.45, 2.75) is 30.7 Å². The van der Waals surface area contributed by atoms with Gasteiger partial charge < -0.3 is 10.1 Å². The number of nitrogens with zero attached hydrogens (tertiary/aromatic N) is 1. The molecule has 0 aromatic heterocycles. The highest BCUT2D eigenvalue weighted by Crippen LogP contribution is 2.15. The number of sulfonamides is 1. The average Bonchev–Trinajstić information content (AvgIpc) is 2.45. The molecule has 0 aliphatic rings. The van der Waals surface area contributed by atoms with Crippen molar-refractivity contribution in [1.29, 1.82) is 0 Å². The maximum absolute atomic E-state index is 12.0. The molecule has 0 saturated carbocycles. The Bertz CT molecular complexity index is 512. The van der Waals surface area contributed by atoms with E-state index in [-0.39, 0.29) is 6.04 Å². The molecule has 0 bridgehead atoms. The second kappa shape index (κ2) is 8.48. The summed E-state index contributed by atoms with van der Waals surface area (Å²) in [6.45, 7) is 3.70. The molecule has 0 fully saturated rings. The van der Waals surface area contributed by atoms with Crippen LogP contribution in [0, 0.1) is 0 Å². The number of hydrogen-bond acceptors (Lipinski definition) is 4. The van der Waals surface area contributed by atoms with Crippen LogP contribution >= 0.6 is 0 Å².